The average molecular weight is 751 g/mol. The third-order valence-electron chi connectivity index (χ3n) is 12.6. The lowest BCUT2D eigenvalue weighted by Gasteiger charge is -2.59. The number of piperidine rings is 1. The number of hydrogen-bond acceptors (Lipinski definition) is 7. The number of benzene rings is 1. The van der Waals surface area contributed by atoms with Crippen LogP contribution in [-0.2, 0) is 17.5 Å². The fourth-order valence-corrected chi connectivity index (χ4v) is 10.0. The molecule has 1 aromatic carbocycles. The molecule has 10 rings (SSSR count). The van der Waals surface area contributed by atoms with Gasteiger partial charge >= 0.3 is 12.1 Å². The summed E-state index contributed by atoms with van der Waals surface area (Å²) in [6, 6.07) is 9.20. The van der Waals surface area contributed by atoms with Gasteiger partial charge in [0.2, 0.25) is 5.95 Å². The van der Waals surface area contributed by atoms with E-state index >= 15 is 0 Å². The first-order chi connectivity index (χ1) is 25.8. The van der Waals surface area contributed by atoms with E-state index in [9.17, 15) is 36.6 Å². The molecule has 5 aliphatic carbocycles. The van der Waals surface area contributed by atoms with Crippen LogP contribution in [0, 0.1) is 29.6 Å². The van der Waals surface area contributed by atoms with Gasteiger partial charge in [0.15, 0.2) is 5.69 Å². The van der Waals surface area contributed by atoms with Gasteiger partial charge in [-0.25, -0.2) is 28.5 Å². The van der Waals surface area contributed by atoms with Gasteiger partial charge in [-0.05, 0) is 86.1 Å². The van der Waals surface area contributed by atoms with E-state index in [1.165, 1.54) is 12.3 Å². The molecule has 284 valence electrons. The highest BCUT2D eigenvalue weighted by molar-refractivity contribution is 6.00. The van der Waals surface area contributed by atoms with Gasteiger partial charge in [-0.15, -0.1) is 0 Å². The van der Waals surface area contributed by atoms with Gasteiger partial charge in [-0.1, -0.05) is 0 Å². The smallest absolute Gasteiger partial charge is 0.434 e. The number of carboxylic acids is 1. The topological polar surface area (TPSA) is 122 Å². The summed E-state index contributed by atoms with van der Waals surface area (Å²) in [6.07, 6.45) is 4.31. The molecule has 1 atom stereocenters. The molecule has 54 heavy (non-hydrogen) atoms. The van der Waals surface area contributed by atoms with Gasteiger partial charge < -0.3 is 24.6 Å². The van der Waals surface area contributed by atoms with Crippen molar-refractivity contribution < 1.29 is 41.4 Å². The fourth-order valence-electron chi connectivity index (χ4n) is 10.0. The van der Waals surface area contributed by atoms with Crippen molar-refractivity contribution in [1.29, 1.82) is 0 Å². The standard InChI is InChI=1S/C39H39F5N6O4/c40-37(41)18-25(37)19-50-20-30(28-3-2-27(17-32(28)50)54-26-6-10-49(11-7-26)36-45-8-1-9-46-36)31-5-4-29(33(47-31)39(42,43)44)34(51)48-38(35(52)53)23-13-21-12-22(15-23)16-24(38)14-21/h1-5,8-9,17,20-26H,6-7,10-16,18-19H2,(H,48,51)(H,52,53). The maximum Gasteiger partial charge on any atom is 0.434 e. The van der Waals surface area contributed by atoms with Crippen molar-refractivity contribution in [2.24, 2.45) is 29.6 Å². The van der Waals surface area contributed by atoms with Crippen LogP contribution in [0.4, 0.5) is 27.9 Å². The number of anilines is 1. The van der Waals surface area contributed by atoms with E-state index in [0.717, 1.165) is 12.5 Å². The summed E-state index contributed by atoms with van der Waals surface area (Å²) in [5.74, 6) is -4.93. The second-order valence-electron chi connectivity index (χ2n) is 15.9. The summed E-state index contributed by atoms with van der Waals surface area (Å²) in [6.45, 7) is 1.29. The summed E-state index contributed by atoms with van der Waals surface area (Å²) in [4.78, 5) is 41.2. The summed E-state index contributed by atoms with van der Waals surface area (Å²) in [7, 11) is 0. The highest BCUT2D eigenvalue weighted by Gasteiger charge is 2.62. The Labute approximate surface area is 307 Å². The minimum Gasteiger partial charge on any atom is -0.490 e. The minimum absolute atomic E-state index is 0.0592. The third-order valence-corrected chi connectivity index (χ3v) is 12.6. The number of hydrogen-bond donors (Lipinski definition) is 2. The molecular weight excluding hydrogens is 711 g/mol. The minimum atomic E-state index is -5.05. The van der Waals surface area contributed by atoms with E-state index in [1.807, 2.05) is 0 Å². The summed E-state index contributed by atoms with van der Waals surface area (Å²) >= 11 is 0. The Kier molecular flexibility index (Phi) is 8.16. The van der Waals surface area contributed by atoms with E-state index in [0.29, 0.717) is 86.1 Å². The lowest BCUT2D eigenvalue weighted by molar-refractivity contribution is -0.163. The zero-order chi connectivity index (χ0) is 37.6. The first-order valence-electron chi connectivity index (χ1n) is 18.6. The van der Waals surface area contributed by atoms with Crippen molar-refractivity contribution >= 4 is 28.7 Å². The Morgan fingerprint density at radius 1 is 0.963 bits per heavy atom. The number of carbonyl (C=O) groups is 2. The molecule has 15 heteroatoms. The normalized spacial score (nSPS) is 28.7. The molecule has 0 spiro atoms. The zero-order valence-corrected chi connectivity index (χ0v) is 29.2. The number of fused-ring (bicyclic) bond motifs is 1. The van der Waals surface area contributed by atoms with Crippen molar-refractivity contribution in [3.8, 4) is 17.0 Å². The number of carboxylic acid groups (broad SMARTS) is 1. The highest BCUT2D eigenvalue weighted by Crippen LogP contribution is 2.58. The average Bonchev–Trinajstić information content (AvgIpc) is 3.59. The number of aromatic nitrogens is 4. The summed E-state index contributed by atoms with van der Waals surface area (Å²) < 4.78 is 80.4. The molecule has 1 amide bonds. The second-order valence-corrected chi connectivity index (χ2v) is 15.9. The highest BCUT2D eigenvalue weighted by atomic mass is 19.4. The van der Waals surface area contributed by atoms with E-state index < -0.39 is 46.7 Å². The van der Waals surface area contributed by atoms with Gasteiger partial charge in [0.1, 0.15) is 17.4 Å². The van der Waals surface area contributed by atoms with E-state index in [-0.39, 0.29) is 42.2 Å². The van der Waals surface area contributed by atoms with Crippen LogP contribution >= 0.6 is 0 Å². The monoisotopic (exact) mass is 750 g/mol. The molecule has 4 bridgehead atoms. The van der Waals surface area contributed by atoms with Crippen LogP contribution in [0.25, 0.3) is 22.2 Å². The molecule has 1 saturated heterocycles. The van der Waals surface area contributed by atoms with Gasteiger partial charge in [-0.2, -0.15) is 13.2 Å². The lowest BCUT2D eigenvalue weighted by atomic mass is 9.48. The molecule has 4 heterocycles. The molecule has 4 aromatic rings. The summed E-state index contributed by atoms with van der Waals surface area (Å²) in [5, 5.41) is 13.6. The molecular formula is C39H39F5N6O4. The van der Waals surface area contributed by atoms with Crippen LogP contribution in [0.3, 0.4) is 0 Å². The zero-order valence-electron chi connectivity index (χ0n) is 29.2. The van der Waals surface area contributed by atoms with Crippen LogP contribution in [0.2, 0.25) is 0 Å². The van der Waals surface area contributed by atoms with E-state index in [2.05, 4.69) is 25.2 Å². The quantitative estimate of drug-likeness (QED) is 0.172. The second kappa shape index (κ2) is 12.6. The number of ether oxygens (including phenoxy) is 1. The van der Waals surface area contributed by atoms with Crippen LogP contribution in [-0.4, -0.2) is 67.2 Å². The number of halogens is 5. The van der Waals surface area contributed by atoms with Crippen molar-refractivity contribution in [3.63, 3.8) is 0 Å². The largest absolute Gasteiger partial charge is 0.490 e. The number of amides is 1. The number of pyridine rings is 1. The number of aliphatic carboxylic acids is 1. The van der Waals surface area contributed by atoms with Crippen LogP contribution < -0.4 is 15.0 Å². The van der Waals surface area contributed by atoms with Crippen molar-refractivity contribution in [1.82, 2.24) is 24.8 Å². The molecule has 1 aliphatic heterocycles. The van der Waals surface area contributed by atoms with Crippen molar-refractivity contribution in [2.45, 2.75) is 81.7 Å². The predicted octanol–water partition coefficient (Wildman–Crippen LogP) is 7.22. The number of rotatable bonds is 9. The Morgan fingerprint density at radius 2 is 1.63 bits per heavy atom. The fraction of sp³-hybridized carbons (Fsp3) is 0.513. The number of alkyl halides is 5. The lowest BCUT2D eigenvalue weighted by Crippen LogP contribution is -2.70. The van der Waals surface area contributed by atoms with Gasteiger partial charge in [0, 0.05) is 80.4 Å². The molecule has 2 N–H and O–H groups in total. The third kappa shape index (κ3) is 6.03. The Hall–Kier alpha value is -4.82. The Balaban J connectivity index is 1.01. The SMILES string of the molecule is O=C(NC1(C(=O)O)C2CC3CC(C2)CC1C3)c1ccc(-c2cn(CC3CC3(F)F)c3cc(OC4CCN(c5ncccn5)CC4)ccc23)nc1C(F)(F)F. The van der Waals surface area contributed by atoms with Crippen molar-refractivity contribution in [3.05, 3.63) is 66.2 Å². The van der Waals surface area contributed by atoms with Gasteiger partial charge in [0.05, 0.1) is 16.8 Å². The summed E-state index contributed by atoms with van der Waals surface area (Å²) in [5.41, 5.74) is -3.17. The number of nitrogens with one attached hydrogen (secondary N) is 1. The molecule has 6 fully saturated rings. The van der Waals surface area contributed by atoms with Gasteiger partial charge in [-0.3, -0.25) is 4.79 Å². The first-order valence-corrected chi connectivity index (χ1v) is 18.6. The molecule has 5 saturated carbocycles. The molecule has 0 radical (unpaired) electrons. The molecule has 6 aliphatic rings. The van der Waals surface area contributed by atoms with Crippen LogP contribution in [0.1, 0.15) is 67.4 Å². The van der Waals surface area contributed by atoms with Crippen LogP contribution in [0.5, 0.6) is 5.75 Å². The molecule has 3 aromatic heterocycles. The number of carbonyl (C=O) groups excluding carboxylic acids is 1. The van der Waals surface area contributed by atoms with E-state index in [1.54, 1.807) is 41.2 Å². The maximum absolute atomic E-state index is 14.7. The van der Waals surface area contributed by atoms with Gasteiger partial charge in [0.25, 0.3) is 11.8 Å². The van der Waals surface area contributed by atoms with E-state index in [4.69, 9.17) is 4.74 Å². The maximum atomic E-state index is 14.7. The Morgan fingerprint density at radius 3 is 2.24 bits per heavy atom. The van der Waals surface area contributed by atoms with Crippen molar-refractivity contribution in [2.75, 3.05) is 18.0 Å². The number of nitrogens with zero attached hydrogens (tertiary/aromatic N) is 5. The van der Waals surface area contributed by atoms with Crippen LogP contribution in [0.15, 0.2) is 55.0 Å². The Bertz CT molecular complexity index is 2090. The predicted molar refractivity (Wildman–Crippen MR) is 186 cm³/mol. The first kappa shape index (κ1) is 34.9. The molecule has 10 nitrogen and oxygen atoms in total. The molecule has 1 unspecified atom stereocenters.